The Morgan fingerprint density at radius 3 is 2.88 bits per heavy atom. The number of nitrogens with zero attached hydrogens (tertiary/aromatic N) is 2. The Bertz CT molecular complexity index is 766. The molecule has 124 valence electrons. The zero-order valence-electron chi connectivity index (χ0n) is 13.6. The number of benzene rings is 1. The third kappa shape index (κ3) is 2.65. The van der Waals surface area contributed by atoms with Crippen LogP contribution in [0.2, 0.25) is 0 Å². The number of ether oxygens (including phenoxy) is 2. The highest BCUT2D eigenvalue weighted by atomic mass is 16.5. The van der Waals surface area contributed by atoms with Crippen molar-refractivity contribution in [2.75, 3.05) is 7.11 Å². The number of ketones is 1. The minimum atomic E-state index is -0.0727. The molecule has 3 unspecified atom stereocenters. The van der Waals surface area contributed by atoms with E-state index in [1.807, 2.05) is 36.5 Å². The van der Waals surface area contributed by atoms with Crippen LogP contribution in [-0.2, 0) is 14.3 Å². The number of rotatable bonds is 3. The van der Waals surface area contributed by atoms with Gasteiger partial charge in [-0.05, 0) is 25.0 Å². The van der Waals surface area contributed by atoms with Gasteiger partial charge in [0.05, 0.1) is 35.7 Å². The van der Waals surface area contributed by atoms with Gasteiger partial charge in [-0.1, -0.05) is 18.2 Å². The van der Waals surface area contributed by atoms with Gasteiger partial charge >= 0.3 is 0 Å². The summed E-state index contributed by atoms with van der Waals surface area (Å²) >= 11 is 0. The summed E-state index contributed by atoms with van der Waals surface area (Å²) < 4.78 is 13.1. The van der Waals surface area contributed by atoms with Crippen molar-refractivity contribution in [2.45, 2.75) is 31.5 Å². The average molecular weight is 324 g/mol. The summed E-state index contributed by atoms with van der Waals surface area (Å²) in [5.74, 6) is 0.0879. The van der Waals surface area contributed by atoms with Gasteiger partial charge in [0.15, 0.2) is 5.78 Å². The highest BCUT2D eigenvalue weighted by molar-refractivity contribution is 6.22. The fraction of sp³-hybridized carbons (Fsp3) is 0.368. The second-order valence-corrected chi connectivity index (χ2v) is 6.36. The Balaban J connectivity index is 1.58. The van der Waals surface area contributed by atoms with E-state index >= 15 is 0 Å². The first-order valence-electron chi connectivity index (χ1n) is 8.29. The molecule has 0 N–H and O–H groups in total. The first-order chi connectivity index (χ1) is 11.8. The van der Waals surface area contributed by atoms with Gasteiger partial charge in [-0.3, -0.25) is 4.79 Å². The summed E-state index contributed by atoms with van der Waals surface area (Å²) in [4.78, 5) is 12.9. The molecule has 1 aromatic heterocycles. The average Bonchev–Trinajstić information content (AvgIpc) is 3.12. The standard InChI is InChI=1S/C19H20N2O3/c1-23-15-7-8-16-18(9-15)24-12-17(19(16)22)13-10-20-21(11-13)14-5-3-2-4-6-14/h2-6,10-12,15-16,18H,7-9H2,1H3. The van der Waals surface area contributed by atoms with Gasteiger partial charge in [-0.2, -0.15) is 5.10 Å². The second kappa shape index (κ2) is 6.24. The van der Waals surface area contributed by atoms with Crippen LogP contribution in [-0.4, -0.2) is 34.9 Å². The van der Waals surface area contributed by atoms with Crippen molar-refractivity contribution >= 4 is 11.4 Å². The third-order valence-corrected chi connectivity index (χ3v) is 4.95. The molecule has 1 aliphatic carbocycles. The summed E-state index contributed by atoms with van der Waals surface area (Å²) in [5, 5.41) is 4.37. The Kier molecular flexibility index (Phi) is 3.94. The lowest BCUT2D eigenvalue weighted by molar-refractivity contribution is -0.127. The van der Waals surface area contributed by atoms with E-state index in [-0.39, 0.29) is 23.9 Å². The van der Waals surface area contributed by atoms with Gasteiger partial charge in [0, 0.05) is 25.3 Å². The third-order valence-electron chi connectivity index (χ3n) is 4.95. The van der Waals surface area contributed by atoms with Crippen LogP contribution >= 0.6 is 0 Å². The van der Waals surface area contributed by atoms with Crippen molar-refractivity contribution in [2.24, 2.45) is 5.92 Å². The van der Waals surface area contributed by atoms with Crippen molar-refractivity contribution in [1.29, 1.82) is 0 Å². The number of carbonyl (C=O) groups is 1. The maximum absolute atomic E-state index is 12.9. The van der Waals surface area contributed by atoms with Crippen LogP contribution in [0.15, 0.2) is 49.0 Å². The molecule has 2 heterocycles. The van der Waals surface area contributed by atoms with Crippen LogP contribution < -0.4 is 0 Å². The Hall–Kier alpha value is -2.40. The summed E-state index contributed by atoms with van der Waals surface area (Å²) in [6, 6.07) is 9.84. The molecule has 1 fully saturated rings. The Morgan fingerprint density at radius 1 is 1.25 bits per heavy atom. The molecule has 4 rings (SSSR count). The van der Waals surface area contributed by atoms with Gasteiger partial charge < -0.3 is 9.47 Å². The lowest BCUT2D eigenvalue weighted by atomic mass is 9.78. The molecule has 2 aromatic rings. The minimum Gasteiger partial charge on any atom is -0.496 e. The van der Waals surface area contributed by atoms with E-state index in [0.717, 1.165) is 30.5 Å². The molecule has 0 bridgehead atoms. The zero-order valence-corrected chi connectivity index (χ0v) is 13.6. The summed E-state index contributed by atoms with van der Waals surface area (Å²) in [7, 11) is 1.72. The van der Waals surface area contributed by atoms with Gasteiger partial charge in [-0.15, -0.1) is 0 Å². The first-order valence-corrected chi connectivity index (χ1v) is 8.29. The molecule has 0 radical (unpaired) electrons. The number of methoxy groups -OCH3 is 1. The van der Waals surface area contributed by atoms with Gasteiger partial charge in [0.1, 0.15) is 6.10 Å². The number of aromatic nitrogens is 2. The molecular formula is C19H20N2O3. The predicted octanol–water partition coefficient (Wildman–Crippen LogP) is 3.00. The normalized spacial score (nSPS) is 26.5. The molecular weight excluding hydrogens is 304 g/mol. The monoisotopic (exact) mass is 324 g/mol. The summed E-state index contributed by atoms with van der Waals surface area (Å²) in [6.07, 6.45) is 7.83. The fourth-order valence-electron chi connectivity index (χ4n) is 3.56. The van der Waals surface area contributed by atoms with E-state index < -0.39 is 0 Å². The smallest absolute Gasteiger partial charge is 0.173 e. The highest BCUT2D eigenvalue weighted by Crippen LogP contribution is 2.36. The molecule has 1 aliphatic heterocycles. The van der Waals surface area contributed by atoms with Crippen molar-refractivity contribution in [1.82, 2.24) is 9.78 Å². The van der Waals surface area contributed by atoms with Gasteiger partial charge in [-0.25, -0.2) is 4.68 Å². The topological polar surface area (TPSA) is 53.3 Å². The second-order valence-electron chi connectivity index (χ2n) is 6.36. The maximum atomic E-state index is 12.9. The Labute approximate surface area is 140 Å². The van der Waals surface area contributed by atoms with Gasteiger partial charge in [0.25, 0.3) is 0 Å². The van der Waals surface area contributed by atoms with Crippen LogP contribution in [0, 0.1) is 5.92 Å². The quantitative estimate of drug-likeness (QED) is 0.871. The maximum Gasteiger partial charge on any atom is 0.173 e. The van der Waals surface area contributed by atoms with Crippen molar-refractivity contribution in [3.8, 4) is 5.69 Å². The predicted molar refractivity (Wildman–Crippen MR) is 89.6 cm³/mol. The van der Waals surface area contributed by atoms with Crippen LogP contribution in [0.3, 0.4) is 0 Å². The number of fused-ring (bicyclic) bond motifs is 1. The molecule has 5 heteroatoms. The summed E-state index contributed by atoms with van der Waals surface area (Å²) in [6.45, 7) is 0. The molecule has 3 atom stereocenters. The van der Waals surface area contributed by atoms with Crippen LogP contribution in [0.5, 0.6) is 0 Å². The highest BCUT2D eigenvalue weighted by Gasteiger charge is 2.40. The molecule has 0 spiro atoms. The number of allylic oxidation sites excluding steroid dienone is 1. The Morgan fingerprint density at radius 2 is 2.08 bits per heavy atom. The zero-order chi connectivity index (χ0) is 16.5. The molecule has 2 aliphatic rings. The molecule has 0 saturated heterocycles. The molecule has 24 heavy (non-hydrogen) atoms. The molecule has 0 amide bonds. The lowest BCUT2D eigenvalue weighted by Crippen LogP contribution is -2.41. The minimum absolute atomic E-state index is 0.0656. The van der Waals surface area contributed by atoms with E-state index in [2.05, 4.69) is 5.10 Å². The van der Waals surface area contributed by atoms with Crippen LogP contribution in [0.25, 0.3) is 11.3 Å². The van der Waals surface area contributed by atoms with E-state index in [9.17, 15) is 4.79 Å². The SMILES string of the molecule is COC1CCC2C(=O)C(c3cnn(-c4ccccc4)c3)=COC2C1. The van der Waals surface area contributed by atoms with E-state index in [4.69, 9.17) is 9.47 Å². The summed E-state index contributed by atoms with van der Waals surface area (Å²) in [5.41, 5.74) is 2.39. The fourth-order valence-corrected chi connectivity index (χ4v) is 3.56. The molecule has 1 saturated carbocycles. The molecule has 1 aromatic carbocycles. The first kappa shape index (κ1) is 15.1. The molecule has 5 nitrogen and oxygen atoms in total. The number of para-hydroxylation sites is 1. The van der Waals surface area contributed by atoms with E-state index in [1.54, 1.807) is 24.3 Å². The largest absolute Gasteiger partial charge is 0.496 e. The van der Waals surface area contributed by atoms with Crippen molar-refractivity contribution < 1.29 is 14.3 Å². The lowest BCUT2D eigenvalue weighted by Gasteiger charge is -2.36. The number of hydrogen-bond acceptors (Lipinski definition) is 4. The van der Waals surface area contributed by atoms with E-state index in [0.29, 0.717) is 5.57 Å². The number of Topliss-reactive ketones (excluding diaryl/α,β-unsaturated/α-hetero) is 1. The number of carbonyl (C=O) groups excluding carboxylic acids is 1. The number of hydrogen-bond donors (Lipinski definition) is 0. The van der Waals surface area contributed by atoms with E-state index in [1.165, 1.54) is 0 Å². The van der Waals surface area contributed by atoms with Crippen molar-refractivity contribution in [3.63, 3.8) is 0 Å². The van der Waals surface area contributed by atoms with Crippen LogP contribution in [0.1, 0.15) is 24.8 Å². The van der Waals surface area contributed by atoms with Crippen LogP contribution in [0.4, 0.5) is 0 Å². The van der Waals surface area contributed by atoms with Crippen molar-refractivity contribution in [3.05, 3.63) is 54.6 Å². The van der Waals surface area contributed by atoms with Gasteiger partial charge in [0.2, 0.25) is 0 Å².